The van der Waals surface area contributed by atoms with Crippen LogP contribution in [0, 0.1) is 0 Å². The van der Waals surface area contributed by atoms with Gasteiger partial charge in [0.05, 0.1) is 6.20 Å². The molecule has 0 spiro atoms. The van der Waals surface area contributed by atoms with Gasteiger partial charge in [-0.3, -0.25) is 4.79 Å². The molecule has 0 bridgehead atoms. The van der Waals surface area contributed by atoms with E-state index in [0.29, 0.717) is 0 Å². The summed E-state index contributed by atoms with van der Waals surface area (Å²) in [4.78, 5) is 13.4. The van der Waals surface area contributed by atoms with E-state index in [2.05, 4.69) is 4.98 Å². The van der Waals surface area contributed by atoms with Crippen LogP contribution >= 0.6 is 0 Å². The van der Waals surface area contributed by atoms with Crippen molar-refractivity contribution in [2.24, 2.45) is 0 Å². The quantitative estimate of drug-likeness (QED) is 0.515. The number of carbonyl (C=O) groups excluding carboxylic acids is 1. The largest absolute Gasteiger partial charge is 0.458 e. The standard InChI is InChI=1S/C5H3F3N2O2/c6-5(7,8)3(11)4-9-1-2-10(4)12/h1-2,12H. The van der Waals surface area contributed by atoms with Gasteiger partial charge in [0.25, 0.3) is 0 Å². The first-order valence-electron chi connectivity index (χ1n) is 2.77. The highest BCUT2D eigenvalue weighted by molar-refractivity contribution is 5.97. The Bertz CT molecular complexity index is 304. The van der Waals surface area contributed by atoms with Crippen molar-refractivity contribution in [2.75, 3.05) is 0 Å². The Hall–Kier alpha value is -1.53. The average Bonchev–Trinajstić information content (AvgIpc) is 2.31. The number of imidazole rings is 1. The molecule has 1 rings (SSSR count). The van der Waals surface area contributed by atoms with Gasteiger partial charge in [-0.15, -0.1) is 0 Å². The minimum absolute atomic E-state index is 0.0236. The molecule has 0 radical (unpaired) electrons. The molecule has 0 fully saturated rings. The summed E-state index contributed by atoms with van der Waals surface area (Å²) in [6.45, 7) is 0. The maximum Gasteiger partial charge on any atom is 0.458 e. The molecule has 0 aliphatic carbocycles. The van der Waals surface area contributed by atoms with Crippen LogP contribution in [0.3, 0.4) is 0 Å². The second kappa shape index (κ2) is 2.50. The Morgan fingerprint density at radius 2 is 2.17 bits per heavy atom. The smallest absolute Gasteiger partial charge is 0.427 e. The molecular formula is C5H3F3N2O2. The molecule has 0 atom stereocenters. The molecule has 7 heteroatoms. The minimum Gasteiger partial charge on any atom is -0.427 e. The number of Topliss-reactive ketones (excluding diaryl/α,β-unsaturated/α-hetero) is 1. The van der Waals surface area contributed by atoms with Crippen LogP contribution < -0.4 is 0 Å². The van der Waals surface area contributed by atoms with Crippen LogP contribution in [-0.2, 0) is 0 Å². The molecular weight excluding hydrogens is 177 g/mol. The predicted molar refractivity (Wildman–Crippen MR) is 29.8 cm³/mol. The highest BCUT2D eigenvalue weighted by Gasteiger charge is 2.42. The van der Waals surface area contributed by atoms with E-state index in [-0.39, 0.29) is 4.73 Å². The van der Waals surface area contributed by atoms with Crippen molar-refractivity contribution >= 4 is 5.78 Å². The van der Waals surface area contributed by atoms with Gasteiger partial charge in [0.2, 0.25) is 5.82 Å². The highest BCUT2D eigenvalue weighted by atomic mass is 19.4. The molecule has 0 amide bonds. The monoisotopic (exact) mass is 180 g/mol. The van der Waals surface area contributed by atoms with Crippen LogP contribution in [-0.4, -0.2) is 26.9 Å². The Kier molecular flexibility index (Phi) is 1.79. The molecule has 4 nitrogen and oxygen atoms in total. The molecule has 66 valence electrons. The summed E-state index contributed by atoms with van der Waals surface area (Å²) < 4.78 is 35.1. The summed E-state index contributed by atoms with van der Waals surface area (Å²) in [5, 5.41) is 8.62. The number of nitrogens with zero attached hydrogens (tertiary/aromatic N) is 2. The molecule has 0 aromatic carbocycles. The summed E-state index contributed by atoms with van der Waals surface area (Å²) >= 11 is 0. The molecule has 12 heavy (non-hydrogen) atoms. The lowest BCUT2D eigenvalue weighted by Gasteiger charge is -2.02. The van der Waals surface area contributed by atoms with Gasteiger partial charge in [0, 0.05) is 6.20 Å². The summed E-state index contributed by atoms with van der Waals surface area (Å²) in [6, 6.07) is 0. The van der Waals surface area contributed by atoms with Crippen LogP contribution in [0.5, 0.6) is 0 Å². The maximum absolute atomic E-state index is 11.7. The first-order chi connectivity index (χ1) is 5.43. The van der Waals surface area contributed by atoms with Crippen molar-refractivity contribution in [2.45, 2.75) is 6.18 Å². The van der Waals surface area contributed by atoms with E-state index >= 15 is 0 Å². The summed E-state index contributed by atoms with van der Waals surface area (Å²) in [5.41, 5.74) is 0. The number of hydrogen-bond donors (Lipinski definition) is 1. The van der Waals surface area contributed by atoms with Gasteiger partial charge in [-0.2, -0.15) is 17.9 Å². The van der Waals surface area contributed by atoms with Crippen molar-refractivity contribution < 1.29 is 23.2 Å². The van der Waals surface area contributed by atoms with E-state index in [1.54, 1.807) is 0 Å². The van der Waals surface area contributed by atoms with E-state index in [9.17, 15) is 18.0 Å². The number of alkyl halides is 3. The molecule has 0 unspecified atom stereocenters. The van der Waals surface area contributed by atoms with Crippen LogP contribution in [0.1, 0.15) is 10.6 Å². The van der Waals surface area contributed by atoms with Crippen molar-refractivity contribution in [1.82, 2.24) is 9.71 Å². The Morgan fingerprint density at radius 1 is 1.58 bits per heavy atom. The topological polar surface area (TPSA) is 55.1 Å². The third-order valence-electron chi connectivity index (χ3n) is 1.08. The molecule has 1 heterocycles. The fourth-order valence-corrected chi connectivity index (χ4v) is 0.586. The van der Waals surface area contributed by atoms with Gasteiger partial charge in [0.15, 0.2) is 0 Å². The molecule has 0 saturated heterocycles. The Labute approximate surface area is 64.2 Å². The molecule has 1 N–H and O–H groups in total. The van der Waals surface area contributed by atoms with E-state index in [1.807, 2.05) is 0 Å². The van der Waals surface area contributed by atoms with Crippen molar-refractivity contribution in [3.63, 3.8) is 0 Å². The molecule has 1 aromatic heterocycles. The fraction of sp³-hybridized carbons (Fsp3) is 0.200. The third kappa shape index (κ3) is 1.39. The molecule has 0 aliphatic heterocycles. The van der Waals surface area contributed by atoms with Gasteiger partial charge < -0.3 is 5.21 Å². The van der Waals surface area contributed by atoms with E-state index in [1.165, 1.54) is 0 Å². The second-order valence-electron chi connectivity index (χ2n) is 1.92. The zero-order chi connectivity index (χ0) is 9.35. The first kappa shape index (κ1) is 8.57. The predicted octanol–water partition coefficient (Wildman–Crippen LogP) is 0.865. The van der Waals surface area contributed by atoms with Crippen molar-refractivity contribution in [3.05, 3.63) is 18.2 Å². The zero-order valence-corrected chi connectivity index (χ0v) is 5.54. The molecule has 0 aliphatic rings. The minimum atomic E-state index is -5.01. The van der Waals surface area contributed by atoms with E-state index in [4.69, 9.17) is 5.21 Å². The highest BCUT2D eigenvalue weighted by Crippen LogP contribution is 2.19. The van der Waals surface area contributed by atoms with Gasteiger partial charge in [-0.25, -0.2) is 4.98 Å². The van der Waals surface area contributed by atoms with Gasteiger partial charge >= 0.3 is 12.0 Å². The van der Waals surface area contributed by atoms with Crippen molar-refractivity contribution in [3.8, 4) is 0 Å². The normalized spacial score (nSPS) is 11.6. The Balaban J connectivity index is 3.01. The molecule has 1 aromatic rings. The maximum atomic E-state index is 11.7. The van der Waals surface area contributed by atoms with Gasteiger partial charge in [-0.1, -0.05) is 0 Å². The number of carbonyl (C=O) groups is 1. The lowest BCUT2D eigenvalue weighted by atomic mass is 10.4. The summed E-state index contributed by atoms with van der Waals surface area (Å²) in [6.07, 6.45) is -3.29. The number of hydrogen-bond acceptors (Lipinski definition) is 3. The van der Waals surface area contributed by atoms with Crippen LogP contribution in [0.4, 0.5) is 13.2 Å². The number of aromatic nitrogens is 2. The van der Waals surface area contributed by atoms with Crippen LogP contribution in [0.2, 0.25) is 0 Å². The van der Waals surface area contributed by atoms with E-state index in [0.717, 1.165) is 12.4 Å². The molecule has 0 saturated carbocycles. The summed E-state index contributed by atoms with van der Waals surface area (Å²) in [5.74, 6) is -3.21. The van der Waals surface area contributed by atoms with Gasteiger partial charge in [-0.05, 0) is 0 Å². The van der Waals surface area contributed by atoms with Crippen LogP contribution in [0.15, 0.2) is 12.4 Å². The third-order valence-corrected chi connectivity index (χ3v) is 1.08. The van der Waals surface area contributed by atoms with E-state index < -0.39 is 17.8 Å². The number of rotatable bonds is 1. The number of ketones is 1. The average molecular weight is 180 g/mol. The zero-order valence-electron chi connectivity index (χ0n) is 5.54. The number of halogens is 3. The second-order valence-corrected chi connectivity index (χ2v) is 1.92. The lowest BCUT2D eigenvalue weighted by molar-refractivity contribution is -0.0903. The lowest BCUT2D eigenvalue weighted by Crippen LogP contribution is -2.25. The Morgan fingerprint density at radius 3 is 2.50 bits per heavy atom. The SMILES string of the molecule is O=C(c1nccn1O)C(F)(F)F. The fourth-order valence-electron chi connectivity index (χ4n) is 0.586. The van der Waals surface area contributed by atoms with Gasteiger partial charge in [0.1, 0.15) is 0 Å². The van der Waals surface area contributed by atoms with Crippen molar-refractivity contribution in [1.29, 1.82) is 0 Å². The first-order valence-corrected chi connectivity index (χ1v) is 2.77. The van der Waals surface area contributed by atoms with Crippen LogP contribution in [0.25, 0.3) is 0 Å². The summed E-state index contributed by atoms with van der Waals surface area (Å²) in [7, 11) is 0.